The van der Waals surface area contributed by atoms with E-state index in [1.807, 2.05) is 5.01 Å². The van der Waals surface area contributed by atoms with Gasteiger partial charge in [-0.25, -0.2) is 9.99 Å². The van der Waals surface area contributed by atoms with Gasteiger partial charge < -0.3 is 4.18 Å². The first-order valence-electron chi connectivity index (χ1n) is 16.7. The number of amides is 1. The topological polar surface area (TPSA) is 202 Å². The second-order valence-electron chi connectivity index (χ2n) is 12.5. The summed E-state index contributed by atoms with van der Waals surface area (Å²) in [5, 5.41) is 2.80. The summed E-state index contributed by atoms with van der Waals surface area (Å²) in [6.45, 7) is 3.35. The van der Waals surface area contributed by atoms with Gasteiger partial charge in [0, 0.05) is 40.1 Å². The number of carbonyl (C=O) groups excluding carboxylic acids is 1. The third-order valence-electron chi connectivity index (χ3n) is 8.60. The predicted molar refractivity (Wildman–Crippen MR) is 217 cm³/mol. The van der Waals surface area contributed by atoms with Crippen LogP contribution in [0.4, 0.5) is 0 Å². The molecule has 57 heavy (non-hydrogen) atoms. The van der Waals surface area contributed by atoms with Crippen molar-refractivity contribution in [2.24, 2.45) is 0 Å². The lowest BCUT2D eigenvalue weighted by Crippen LogP contribution is -2.45. The van der Waals surface area contributed by atoms with E-state index in [-0.39, 0.29) is 32.3 Å². The van der Waals surface area contributed by atoms with Gasteiger partial charge in [0.15, 0.2) is 9.90 Å². The number of rotatable bonds is 9. The van der Waals surface area contributed by atoms with Crippen molar-refractivity contribution in [2.45, 2.75) is 40.2 Å². The van der Waals surface area contributed by atoms with Crippen molar-refractivity contribution in [3.63, 3.8) is 0 Å². The summed E-state index contributed by atoms with van der Waals surface area (Å²) in [6, 6.07) is 21.9. The Balaban J connectivity index is 0.000000255. The number of nitrogens with zero attached hydrogens (tertiary/aromatic N) is 3. The van der Waals surface area contributed by atoms with Crippen LogP contribution in [-0.4, -0.2) is 67.9 Å². The van der Waals surface area contributed by atoms with Crippen LogP contribution in [0.3, 0.4) is 0 Å². The van der Waals surface area contributed by atoms with Gasteiger partial charge in [-0.15, -0.1) is 11.3 Å². The number of fused-ring (bicyclic) bond motifs is 1. The van der Waals surface area contributed by atoms with Crippen molar-refractivity contribution in [1.29, 1.82) is 0 Å². The van der Waals surface area contributed by atoms with Crippen LogP contribution in [-0.2, 0) is 30.4 Å². The Kier molecular flexibility index (Phi) is 12.7. The maximum atomic E-state index is 13.3. The van der Waals surface area contributed by atoms with Crippen molar-refractivity contribution in [1.82, 2.24) is 20.0 Å². The van der Waals surface area contributed by atoms with Gasteiger partial charge in [0.25, 0.3) is 26.1 Å². The number of hydrazine groups is 1. The molecule has 3 heterocycles. The van der Waals surface area contributed by atoms with E-state index in [1.165, 1.54) is 48.5 Å². The molecule has 21 heteroatoms. The Bertz CT molecular complexity index is 2750. The largest absolute Gasteiger partial charge is 0.378 e. The predicted octanol–water partition coefficient (Wildman–Crippen LogP) is 8.10. The summed E-state index contributed by atoms with van der Waals surface area (Å²) < 4.78 is 95.3. The maximum absolute atomic E-state index is 13.3. The Morgan fingerprint density at radius 2 is 1.39 bits per heavy atom. The number of aromatic nitrogens is 2. The van der Waals surface area contributed by atoms with Crippen molar-refractivity contribution >= 4 is 93.2 Å². The molecule has 3 N–H and O–H groups in total. The van der Waals surface area contributed by atoms with Gasteiger partial charge in [-0.3, -0.25) is 23.9 Å². The number of benzene rings is 4. The van der Waals surface area contributed by atoms with Gasteiger partial charge in [0.2, 0.25) is 0 Å². The molecule has 2 aromatic heterocycles. The van der Waals surface area contributed by atoms with E-state index >= 15 is 0 Å². The molecule has 14 nitrogen and oxygen atoms in total. The van der Waals surface area contributed by atoms with Crippen molar-refractivity contribution in [3.05, 3.63) is 117 Å². The fraction of sp³-hybridized carbons (Fsp3) is 0.167. The molecule has 0 bridgehead atoms. The van der Waals surface area contributed by atoms with Crippen LogP contribution in [0.15, 0.2) is 105 Å². The summed E-state index contributed by atoms with van der Waals surface area (Å²) in [4.78, 5) is 17.1. The van der Waals surface area contributed by atoms with E-state index < -0.39 is 40.1 Å². The third-order valence-corrected chi connectivity index (χ3v) is 13.9. The van der Waals surface area contributed by atoms with Crippen LogP contribution < -0.4 is 9.61 Å². The molecule has 0 aliphatic carbocycles. The zero-order chi connectivity index (χ0) is 41.3. The minimum Gasteiger partial charge on any atom is -0.378 e. The molecule has 300 valence electrons. The van der Waals surface area contributed by atoms with E-state index in [0.29, 0.717) is 37.2 Å². The summed E-state index contributed by atoms with van der Waals surface area (Å²) >= 11 is 19.4. The molecule has 0 saturated carbocycles. The maximum Gasteiger partial charge on any atom is 0.348 e. The van der Waals surface area contributed by atoms with E-state index in [0.717, 1.165) is 55.8 Å². The zero-order valence-corrected chi connectivity index (χ0v) is 35.0. The Morgan fingerprint density at radius 1 is 0.789 bits per heavy atom. The highest BCUT2D eigenvalue weighted by Crippen LogP contribution is 2.35. The molecule has 1 fully saturated rings. The molecular formula is C36H31Cl3N4O10S4. The quantitative estimate of drug-likeness (QED) is 0.0931. The number of hydrogen-bond acceptors (Lipinski definition) is 11. The molecule has 0 unspecified atom stereocenters. The summed E-state index contributed by atoms with van der Waals surface area (Å²) in [5.41, 5.74) is 5.01. The number of imidazole rings is 1. The molecule has 7 rings (SSSR count). The number of piperidine rings is 1. The molecule has 1 amide bonds. The van der Waals surface area contributed by atoms with Crippen LogP contribution in [0.25, 0.3) is 27.8 Å². The summed E-state index contributed by atoms with van der Waals surface area (Å²) in [7, 11) is -13.0. The van der Waals surface area contributed by atoms with Crippen LogP contribution in [0, 0.1) is 6.92 Å². The zero-order valence-electron chi connectivity index (χ0n) is 29.5. The SMILES string of the molecule is Cc1c(C(=O)NN2CCCCC2)nc(-c2ccc(Cl)cc2Cl)n1-c1ccc(OS(=O)(=O)c2ccc(Cl)s2)cc1.O=S(=O)(O)c1cccc2c(S(=O)(=O)O)cccc12. The van der Waals surface area contributed by atoms with Crippen LogP contribution >= 0.6 is 46.1 Å². The van der Waals surface area contributed by atoms with Crippen LogP contribution in [0.1, 0.15) is 35.4 Å². The first-order valence-corrected chi connectivity index (χ1v) is 22.9. The highest BCUT2D eigenvalue weighted by Gasteiger charge is 2.26. The van der Waals surface area contributed by atoms with E-state index in [4.69, 9.17) is 53.1 Å². The molecular weight excluding hydrogens is 883 g/mol. The van der Waals surface area contributed by atoms with Gasteiger partial charge in [0.1, 0.15) is 21.4 Å². The van der Waals surface area contributed by atoms with Gasteiger partial charge in [-0.2, -0.15) is 25.3 Å². The monoisotopic (exact) mass is 912 g/mol. The molecule has 4 aromatic carbocycles. The van der Waals surface area contributed by atoms with Gasteiger partial charge in [-0.1, -0.05) is 65.5 Å². The van der Waals surface area contributed by atoms with Gasteiger partial charge in [-0.05, 0) is 86.5 Å². The fourth-order valence-electron chi connectivity index (χ4n) is 6.04. The molecule has 0 radical (unpaired) electrons. The lowest BCUT2D eigenvalue weighted by molar-refractivity contribution is 0.0744. The van der Waals surface area contributed by atoms with E-state index in [1.54, 1.807) is 41.8 Å². The van der Waals surface area contributed by atoms with Gasteiger partial charge >= 0.3 is 10.1 Å². The number of thiophene rings is 1. The summed E-state index contributed by atoms with van der Waals surface area (Å²) in [6.07, 6.45) is 3.17. The van der Waals surface area contributed by atoms with Crippen molar-refractivity contribution in [2.75, 3.05) is 13.1 Å². The van der Waals surface area contributed by atoms with Crippen LogP contribution in [0.2, 0.25) is 14.4 Å². The Morgan fingerprint density at radius 3 is 1.91 bits per heavy atom. The Hall–Kier alpha value is -4.08. The second kappa shape index (κ2) is 17.0. The molecule has 1 aliphatic rings. The lowest BCUT2D eigenvalue weighted by Gasteiger charge is -2.26. The Labute approximate surface area is 347 Å². The normalized spacial score (nSPS) is 13.9. The highest BCUT2D eigenvalue weighted by atomic mass is 35.5. The van der Waals surface area contributed by atoms with E-state index in [2.05, 4.69) is 5.43 Å². The lowest BCUT2D eigenvalue weighted by atomic mass is 10.1. The smallest absolute Gasteiger partial charge is 0.348 e. The molecule has 1 saturated heterocycles. The van der Waals surface area contributed by atoms with Crippen molar-refractivity contribution in [3.8, 4) is 22.8 Å². The first-order chi connectivity index (χ1) is 26.8. The van der Waals surface area contributed by atoms with Crippen LogP contribution in [0.5, 0.6) is 5.75 Å². The molecule has 6 aromatic rings. The van der Waals surface area contributed by atoms with Gasteiger partial charge in [0.05, 0.1) is 15.1 Å². The number of hydrogen-bond donors (Lipinski definition) is 3. The summed E-state index contributed by atoms with van der Waals surface area (Å²) in [5.74, 6) is 0.239. The molecule has 0 atom stereocenters. The first kappa shape index (κ1) is 42.5. The second-order valence-corrected chi connectivity index (χ2v) is 19.6. The number of carbonyl (C=O) groups is 1. The highest BCUT2D eigenvalue weighted by molar-refractivity contribution is 7.89. The number of nitrogens with one attached hydrogen (secondary N) is 1. The third kappa shape index (κ3) is 9.80. The average molecular weight is 914 g/mol. The fourth-order valence-corrected chi connectivity index (χ4v) is 10.3. The molecule has 0 spiro atoms. The van der Waals surface area contributed by atoms with Crippen molar-refractivity contribution < 1.29 is 43.3 Å². The number of halogens is 3. The minimum atomic E-state index is -4.47. The standard InChI is InChI=1S/C26H23Cl3N4O4S2.C10H8O6S2/c1-16-24(26(34)31-32-13-3-2-4-14-32)30-25(20-10-5-17(27)15-21(20)28)33(16)18-6-8-19(9-7-18)37-39(35,36)23-12-11-22(29)38-23;11-17(12,13)9-5-1-3-7-8(9)4-2-6-10(7)18(14,15)16/h5-12,15H,2-4,13-14H2,1H3,(H,31,34);1-6H,(H,11,12,13)(H,14,15,16). The molecule has 1 aliphatic heterocycles. The van der Waals surface area contributed by atoms with E-state index in [9.17, 15) is 30.0 Å². The minimum absolute atomic E-state index is 0.00561. The average Bonchev–Trinajstić information content (AvgIpc) is 3.75.